The molecule has 3 aromatic rings. The molecule has 3 rings (SSSR count). The average molecular weight is 270 g/mol. The third-order valence-corrected chi connectivity index (χ3v) is 2.92. The largest absolute Gasteiger partial charge is 0.508 e. The van der Waals surface area contributed by atoms with E-state index in [0.717, 1.165) is 0 Å². The molecule has 2 N–H and O–H groups in total. The molecule has 0 atom stereocenters. The van der Waals surface area contributed by atoms with Gasteiger partial charge in [0.15, 0.2) is 0 Å². The van der Waals surface area contributed by atoms with E-state index in [-0.39, 0.29) is 17.3 Å². The van der Waals surface area contributed by atoms with Crippen LogP contribution in [0.25, 0.3) is 16.9 Å². The fourth-order valence-corrected chi connectivity index (χ4v) is 1.97. The van der Waals surface area contributed by atoms with Crippen molar-refractivity contribution in [3.8, 4) is 28.4 Å². The molecule has 1 aromatic heterocycles. The molecule has 100 valence electrons. The van der Waals surface area contributed by atoms with E-state index in [1.807, 2.05) is 0 Å². The molecule has 0 aliphatic carbocycles. The molecule has 2 aromatic carbocycles. The summed E-state index contributed by atoms with van der Waals surface area (Å²) >= 11 is 0. The van der Waals surface area contributed by atoms with Gasteiger partial charge in [-0.1, -0.05) is 6.07 Å². The van der Waals surface area contributed by atoms with Crippen molar-refractivity contribution in [3.05, 3.63) is 60.5 Å². The number of halogens is 1. The quantitative estimate of drug-likeness (QED) is 0.752. The van der Waals surface area contributed by atoms with Gasteiger partial charge in [-0.3, -0.25) is 0 Å². The van der Waals surface area contributed by atoms with Crippen molar-refractivity contribution in [2.75, 3.05) is 0 Å². The maximum absolute atomic E-state index is 13.2. The van der Waals surface area contributed by atoms with Gasteiger partial charge in [-0.05, 0) is 36.4 Å². The van der Waals surface area contributed by atoms with E-state index in [2.05, 4.69) is 5.10 Å². The van der Waals surface area contributed by atoms with E-state index in [9.17, 15) is 14.6 Å². The molecule has 0 amide bonds. The minimum atomic E-state index is -0.341. The highest BCUT2D eigenvalue weighted by Crippen LogP contribution is 2.31. The van der Waals surface area contributed by atoms with Crippen LogP contribution in [0.2, 0.25) is 0 Å². The Morgan fingerprint density at radius 2 is 1.85 bits per heavy atom. The predicted molar refractivity (Wildman–Crippen MR) is 72.3 cm³/mol. The highest BCUT2D eigenvalue weighted by atomic mass is 19.1. The number of phenolic OH excluding ortho intramolecular Hbond substituents is 2. The highest BCUT2D eigenvalue weighted by molar-refractivity contribution is 5.67. The molecule has 0 spiro atoms. The van der Waals surface area contributed by atoms with E-state index in [1.165, 1.54) is 28.9 Å². The minimum absolute atomic E-state index is 0.0178. The number of aromatic nitrogens is 2. The Balaban J connectivity index is 2.02. The van der Waals surface area contributed by atoms with Gasteiger partial charge in [0.25, 0.3) is 0 Å². The first-order valence-electron chi connectivity index (χ1n) is 5.97. The van der Waals surface area contributed by atoms with Crippen LogP contribution in [0.4, 0.5) is 4.39 Å². The van der Waals surface area contributed by atoms with Crippen molar-refractivity contribution < 1.29 is 14.6 Å². The first-order chi connectivity index (χ1) is 9.63. The van der Waals surface area contributed by atoms with Gasteiger partial charge in [-0.2, -0.15) is 5.10 Å². The topological polar surface area (TPSA) is 58.3 Å². The molecule has 20 heavy (non-hydrogen) atoms. The molecule has 0 aliphatic heterocycles. The van der Waals surface area contributed by atoms with Crippen molar-refractivity contribution in [1.82, 2.24) is 9.78 Å². The van der Waals surface area contributed by atoms with Crippen LogP contribution in [-0.2, 0) is 0 Å². The Hall–Kier alpha value is -2.82. The second kappa shape index (κ2) is 4.70. The Bertz CT molecular complexity index is 768. The molecule has 4 nitrogen and oxygen atoms in total. The average Bonchev–Trinajstić information content (AvgIpc) is 2.88. The monoisotopic (exact) mass is 270 g/mol. The summed E-state index contributed by atoms with van der Waals surface area (Å²) in [5.74, 6) is -0.419. The second-order valence-corrected chi connectivity index (χ2v) is 4.33. The number of benzene rings is 2. The molecule has 0 saturated heterocycles. The molecular weight excluding hydrogens is 259 g/mol. The molecular formula is C15H11FN2O2. The van der Waals surface area contributed by atoms with E-state index in [4.69, 9.17) is 0 Å². The minimum Gasteiger partial charge on any atom is -0.508 e. The summed E-state index contributed by atoms with van der Waals surface area (Å²) in [4.78, 5) is 0. The zero-order valence-electron chi connectivity index (χ0n) is 10.4. The first kappa shape index (κ1) is 12.2. The molecule has 1 heterocycles. The van der Waals surface area contributed by atoms with E-state index in [1.54, 1.807) is 30.5 Å². The van der Waals surface area contributed by atoms with Gasteiger partial charge >= 0.3 is 0 Å². The molecule has 5 heteroatoms. The maximum Gasteiger partial charge on any atom is 0.128 e. The van der Waals surface area contributed by atoms with Crippen molar-refractivity contribution in [2.24, 2.45) is 0 Å². The predicted octanol–water partition coefficient (Wildman–Crippen LogP) is 3.09. The fourth-order valence-electron chi connectivity index (χ4n) is 1.97. The molecule has 0 bridgehead atoms. The van der Waals surface area contributed by atoms with Crippen LogP contribution in [0.15, 0.2) is 54.7 Å². The highest BCUT2D eigenvalue weighted by Gasteiger charge is 2.09. The van der Waals surface area contributed by atoms with Crippen molar-refractivity contribution in [2.45, 2.75) is 0 Å². The third kappa shape index (κ3) is 2.21. The van der Waals surface area contributed by atoms with E-state index in [0.29, 0.717) is 16.9 Å². The normalized spacial score (nSPS) is 10.7. The molecule has 0 radical (unpaired) electrons. The lowest BCUT2D eigenvalue weighted by atomic mass is 10.1. The van der Waals surface area contributed by atoms with Crippen LogP contribution >= 0.6 is 0 Å². The number of phenols is 2. The van der Waals surface area contributed by atoms with Crippen molar-refractivity contribution in [1.29, 1.82) is 0 Å². The number of aromatic hydroxyl groups is 2. The van der Waals surface area contributed by atoms with Gasteiger partial charge in [0.1, 0.15) is 17.3 Å². The number of nitrogens with zero attached hydrogens (tertiary/aromatic N) is 2. The fraction of sp³-hybridized carbons (Fsp3) is 0. The lowest BCUT2D eigenvalue weighted by Gasteiger charge is -2.03. The summed E-state index contributed by atoms with van der Waals surface area (Å²) in [6.45, 7) is 0. The molecule has 0 unspecified atom stereocenters. The van der Waals surface area contributed by atoms with Crippen LogP contribution in [0.3, 0.4) is 0 Å². The Morgan fingerprint density at radius 1 is 1.00 bits per heavy atom. The SMILES string of the molecule is Oc1ccc(-c2ccn(-c3cccc(F)c3)n2)c(O)c1. The van der Waals surface area contributed by atoms with E-state index < -0.39 is 0 Å². The number of hydrogen-bond donors (Lipinski definition) is 2. The lowest BCUT2D eigenvalue weighted by molar-refractivity contribution is 0.451. The van der Waals surface area contributed by atoms with Crippen LogP contribution in [0.5, 0.6) is 11.5 Å². The summed E-state index contributed by atoms with van der Waals surface area (Å²) in [7, 11) is 0. The van der Waals surface area contributed by atoms with Crippen molar-refractivity contribution >= 4 is 0 Å². The zero-order chi connectivity index (χ0) is 14.1. The summed E-state index contributed by atoms with van der Waals surface area (Å²) in [6.07, 6.45) is 1.68. The Labute approximate surface area is 114 Å². The number of rotatable bonds is 2. The molecule has 0 saturated carbocycles. The Kier molecular flexibility index (Phi) is 2.87. The van der Waals surface area contributed by atoms with Crippen molar-refractivity contribution in [3.63, 3.8) is 0 Å². The van der Waals surface area contributed by atoms with Gasteiger partial charge in [-0.15, -0.1) is 0 Å². The van der Waals surface area contributed by atoms with Gasteiger partial charge < -0.3 is 10.2 Å². The molecule has 0 fully saturated rings. The zero-order valence-corrected chi connectivity index (χ0v) is 10.4. The van der Waals surface area contributed by atoms with Gasteiger partial charge in [0.05, 0.1) is 11.4 Å². The van der Waals surface area contributed by atoms with Crippen LogP contribution in [0.1, 0.15) is 0 Å². The van der Waals surface area contributed by atoms with Gasteiger partial charge in [0, 0.05) is 17.8 Å². The standard InChI is InChI=1S/C15H11FN2O2/c16-10-2-1-3-11(8-10)18-7-6-14(17-18)13-5-4-12(19)9-15(13)20/h1-9,19-20H. The second-order valence-electron chi connectivity index (χ2n) is 4.33. The summed E-state index contributed by atoms with van der Waals surface area (Å²) in [5.41, 5.74) is 1.62. The smallest absolute Gasteiger partial charge is 0.128 e. The van der Waals surface area contributed by atoms with Gasteiger partial charge in [-0.25, -0.2) is 9.07 Å². The Morgan fingerprint density at radius 3 is 2.60 bits per heavy atom. The van der Waals surface area contributed by atoms with Crippen LogP contribution in [0, 0.1) is 5.82 Å². The lowest BCUT2D eigenvalue weighted by Crippen LogP contribution is -1.95. The third-order valence-electron chi connectivity index (χ3n) is 2.92. The number of hydrogen-bond acceptors (Lipinski definition) is 3. The van der Waals surface area contributed by atoms with Gasteiger partial charge in [0.2, 0.25) is 0 Å². The summed E-state index contributed by atoms with van der Waals surface area (Å²) < 4.78 is 14.7. The summed E-state index contributed by atoms with van der Waals surface area (Å²) in [5, 5.41) is 23.4. The first-order valence-corrected chi connectivity index (χ1v) is 5.97. The van der Waals surface area contributed by atoms with Crippen LogP contribution < -0.4 is 0 Å². The molecule has 0 aliphatic rings. The maximum atomic E-state index is 13.2. The van der Waals surface area contributed by atoms with Crippen LogP contribution in [-0.4, -0.2) is 20.0 Å². The van der Waals surface area contributed by atoms with E-state index >= 15 is 0 Å². The summed E-state index contributed by atoms with van der Waals surface area (Å²) in [6, 6.07) is 12.1.